The third kappa shape index (κ3) is 4.48. The number of ether oxygens (including phenoxy) is 1. The fourth-order valence-corrected chi connectivity index (χ4v) is 5.58. The maximum absolute atomic E-state index is 13.3. The third-order valence-electron chi connectivity index (χ3n) is 5.52. The second-order valence-corrected chi connectivity index (χ2v) is 9.42. The van der Waals surface area contributed by atoms with Crippen LogP contribution in [0, 0.1) is 0 Å². The number of likely N-dealkylation sites (N-methyl/N-ethyl adjacent to an activating group) is 1. The van der Waals surface area contributed by atoms with E-state index in [9.17, 15) is 13.2 Å². The number of sulfonamides is 1. The molecule has 0 bridgehead atoms. The Balaban J connectivity index is 1.84. The molecule has 0 radical (unpaired) electrons. The predicted molar refractivity (Wildman–Crippen MR) is 107 cm³/mol. The van der Waals surface area contributed by atoms with Crippen molar-refractivity contribution in [2.24, 2.45) is 0 Å². The van der Waals surface area contributed by atoms with Crippen LogP contribution in [0.2, 0.25) is 0 Å². The van der Waals surface area contributed by atoms with Gasteiger partial charge in [0.25, 0.3) is 5.91 Å². The molecule has 0 unspecified atom stereocenters. The van der Waals surface area contributed by atoms with Crippen LogP contribution in [0.4, 0.5) is 0 Å². The number of amides is 1. The summed E-state index contributed by atoms with van der Waals surface area (Å²) in [6.07, 6.45) is 2.71. The minimum atomic E-state index is -3.74. The van der Waals surface area contributed by atoms with Crippen molar-refractivity contribution < 1.29 is 17.9 Å². The van der Waals surface area contributed by atoms with E-state index in [0.29, 0.717) is 12.1 Å². The first-order valence-electron chi connectivity index (χ1n) is 9.77. The Hall–Kier alpha value is -1.68. The highest BCUT2D eigenvalue weighted by atomic mass is 32.2. The molecule has 0 spiro atoms. The smallest absolute Gasteiger partial charge is 0.265 e. The van der Waals surface area contributed by atoms with E-state index >= 15 is 0 Å². The molecule has 2 saturated heterocycles. The Kier molecular flexibility index (Phi) is 6.59. The standard InChI is InChI=1S/C19H30N4O4S/c1-15-6-4-5-9-23(15)28(25,26)18-14-16(7-8-17(18)27-3)19(24)20-22-12-10-21(2)11-13-22/h7-8,14-15H,4-6,9-13H2,1-3H3,(H,20,24)/t15-/m0/s1. The molecule has 1 atom stereocenters. The molecule has 156 valence electrons. The summed E-state index contributed by atoms with van der Waals surface area (Å²) < 4.78 is 33.4. The molecule has 2 fully saturated rings. The number of rotatable bonds is 5. The molecule has 28 heavy (non-hydrogen) atoms. The molecule has 1 aromatic carbocycles. The molecule has 9 heteroatoms. The van der Waals surface area contributed by atoms with Crippen molar-refractivity contribution in [3.63, 3.8) is 0 Å². The van der Waals surface area contributed by atoms with E-state index < -0.39 is 10.0 Å². The molecule has 0 saturated carbocycles. The number of carbonyl (C=O) groups excluding carboxylic acids is 1. The second-order valence-electron chi connectivity index (χ2n) is 7.56. The lowest BCUT2D eigenvalue weighted by Gasteiger charge is -2.33. The van der Waals surface area contributed by atoms with Crippen molar-refractivity contribution in [2.75, 3.05) is 46.9 Å². The lowest BCUT2D eigenvalue weighted by molar-refractivity contribution is 0.0662. The third-order valence-corrected chi connectivity index (χ3v) is 7.55. The molecule has 0 aromatic heterocycles. The monoisotopic (exact) mass is 410 g/mol. The zero-order valence-corrected chi connectivity index (χ0v) is 17.7. The summed E-state index contributed by atoms with van der Waals surface area (Å²) in [5, 5.41) is 1.87. The van der Waals surface area contributed by atoms with Crippen LogP contribution in [0.15, 0.2) is 23.1 Å². The zero-order valence-electron chi connectivity index (χ0n) is 16.8. The summed E-state index contributed by atoms with van der Waals surface area (Å²) in [4.78, 5) is 14.9. The van der Waals surface area contributed by atoms with E-state index in [1.807, 2.05) is 19.0 Å². The molecule has 1 N–H and O–H groups in total. The Morgan fingerprint density at radius 3 is 2.50 bits per heavy atom. The molecule has 8 nitrogen and oxygen atoms in total. The molecule has 2 aliphatic heterocycles. The van der Waals surface area contributed by atoms with Crippen LogP contribution >= 0.6 is 0 Å². The van der Waals surface area contributed by atoms with Crippen LogP contribution in [0.25, 0.3) is 0 Å². The highest BCUT2D eigenvalue weighted by molar-refractivity contribution is 7.89. The summed E-state index contributed by atoms with van der Waals surface area (Å²) in [5.41, 5.74) is 3.19. The minimum Gasteiger partial charge on any atom is -0.495 e. The number of piperidine rings is 1. The van der Waals surface area contributed by atoms with Gasteiger partial charge in [0.15, 0.2) is 0 Å². The van der Waals surface area contributed by atoms with Gasteiger partial charge in [0.1, 0.15) is 10.6 Å². The number of piperazine rings is 1. The number of hydrogen-bond donors (Lipinski definition) is 1. The van der Waals surface area contributed by atoms with Crippen molar-refractivity contribution in [1.29, 1.82) is 0 Å². The van der Waals surface area contributed by atoms with E-state index in [-0.39, 0.29) is 22.6 Å². The van der Waals surface area contributed by atoms with Gasteiger partial charge in [0.05, 0.1) is 7.11 Å². The van der Waals surface area contributed by atoms with Crippen molar-refractivity contribution >= 4 is 15.9 Å². The Bertz CT molecular complexity index is 806. The topological polar surface area (TPSA) is 82.2 Å². The highest BCUT2D eigenvalue weighted by Gasteiger charge is 2.33. The number of hydrogen-bond acceptors (Lipinski definition) is 6. The van der Waals surface area contributed by atoms with Crippen molar-refractivity contribution in [3.8, 4) is 5.75 Å². The van der Waals surface area contributed by atoms with E-state index in [0.717, 1.165) is 45.4 Å². The molecule has 3 rings (SSSR count). The van der Waals surface area contributed by atoms with E-state index in [2.05, 4.69) is 10.3 Å². The first kappa shape index (κ1) is 21.0. The van der Waals surface area contributed by atoms with Crippen LogP contribution < -0.4 is 10.2 Å². The average Bonchev–Trinajstić information content (AvgIpc) is 2.69. The van der Waals surface area contributed by atoms with Crippen LogP contribution in [-0.4, -0.2) is 81.5 Å². The van der Waals surface area contributed by atoms with Gasteiger partial charge in [-0.25, -0.2) is 13.4 Å². The van der Waals surface area contributed by atoms with Gasteiger partial charge in [0, 0.05) is 44.3 Å². The minimum absolute atomic E-state index is 0.0507. The lowest BCUT2D eigenvalue weighted by atomic mass is 10.1. The van der Waals surface area contributed by atoms with Gasteiger partial charge in [-0.1, -0.05) is 6.42 Å². The lowest BCUT2D eigenvalue weighted by Crippen LogP contribution is -2.52. The molecule has 0 aliphatic carbocycles. The van der Waals surface area contributed by atoms with Crippen LogP contribution in [0.1, 0.15) is 36.5 Å². The largest absolute Gasteiger partial charge is 0.495 e. The van der Waals surface area contributed by atoms with Gasteiger partial charge in [-0.15, -0.1) is 0 Å². The average molecular weight is 411 g/mol. The van der Waals surface area contributed by atoms with Crippen LogP contribution in [-0.2, 0) is 10.0 Å². The quantitative estimate of drug-likeness (QED) is 0.784. The maximum atomic E-state index is 13.3. The Morgan fingerprint density at radius 1 is 1.14 bits per heavy atom. The van der Waals surface area contributed by atoms with Gasteiger partial charge in [-0.05, 0) is 45.0 Å². The SMILES string of the molecule is COc1ccc(C(=O)NN2CCN(C)CC2)cc1S(=O)(=O)N1CCCC[C@@H]1C. The summed E-state index contributed by atoms with van der Waals surface area (Å²) >= 11 is 0. The highest BCUT2D eigenvalue weighted by Crippen LogP contribution is 2.31. The first-order valence-corrected chi connectivity index (χ1v) is 11.2. The number of methoxy groups -OCH3 is 1. The Labute approximate surface area is 167 Å². The number of hydrazine groups is 1. The van der Waals surface area contributed by atoms with Gasteiger partial charge in [-0.3, -0.25) is 10.2 Å². The molecule has 1 amide bonds. The first-order chi connectivity index (χ1) is 13.3. The van der Waals surface area contributed by atoms with Crippen molar-refractivity contribution in [1.82, 2.24) is 19.6 Å². The van der Waals surface area contributed by atoms with E-state index in [1.165, 1.54) is 17.5 Å². The van der Waals surface area contributed by atoms with E-state index in [4.69, 9.17) is 4.74 Å². The van der Waals surface area contributed by atoms with Crippen molar-refractivity contribution in [3.05, 3.63) is 23.8 Å². The second kappa shape index (κ2) is 8.77. The summed E-state index contributed by atoms with van der Waals surface area (Å²) in [6, 6.07) is 4.52. The van der Waals surface area contributed by atoms with E-state index in [1.54, 1.807) is 12.1 Å². The predicted octanol–water partition coefficient (Wildman–Crippen LogP) is 1.15. The van der Waals surface area contributed by atoms with Gasteiger partial charge < -0.3 is 9.64 Å². The van der Waals surface area contributed by atoms with Crippen molar-refractivity contribution in [2.45, 2.75) is 37.1 Å². The van der Waals surface area contributed by atoms with Gasteiger partial charge in [-0.2, -0.15) is 4.31 Å². The maximum Gasteiger partial charge on any atom is 0.265 e. The Morgan fingerprint density at radius 2 is 1.86 bits per heavy atom. The molecule has 2 heterocycles. The van der Waals surface area contributed by atoms with Crippen LogP contribution in [0.5, 0.6) is 5.75 Å². The molecular weight excluding hydrogens is 380 g/mol. The van der Waals surface area contributed by atoms with Gasteiger partial charge >= 0.3 is 0 Å². The normalized spacial score (nSPS) is 22.8. The number of nitrogens with one attached hydrogen (secondary N) is 1. The molecule has 1 aromatic rings. The number of carbonyl (C=O) groups is 1. The molecular formula is C19H30N4O4S. The summed E-state index contributed by atoms with van der Waals surface area (Å²) in [6.45, 7) is 5.62. The number of benzene rings is 1. The number of nitrogens with zero attached hydrogens (tertiary/aromatic N) is 3. The fraction of sp³-hybridized carbons (Fsp3) is 0.632. The fourth-order valence-electron chi connectivity index (χ4n) is 3.70. The van der Waals surface area contributed by atoms with Crippen LogP contribution in [0.3, 0.4) is 0 Å². The van der Waals surface area contributed by atoms with Gasteiger partial charge in [0.2, 0.25) is 10.0 Å². The summed E-state index contributed by atoms with van der Waals surface area (Å²) in [7, 11) is -0.257. The summed E-state index contributed by atoms with van der Waals surface area (Å²) in [5.74, 6) is -0.0516. The zero-order chi connectivity index (χ0) is 20.3. The molecule has 2 aliphatic rings.